The van der Waals surface area contributed by atoms with Gasteiger partial charge in [0.1, 0.15) is 5.82 Å². The summed E-state index contributed by atoms with van der Waals surface area (Å²) in [6.45, 7) is 4.02. The van der Waals surface area contributed by atoms with Crippen LogP contribution in [0.4, 0.5) is 5.82 Å². The van der Waals surface area contributed by atoms with Gasteiger partial charge in [0.25, 0.3) is 5.91 Å². The van der Waals surface area contributed by atoms with Crippen LogP contribution in [0.1, 0.15) is 34.9 Å². The van der Waals surface area contributed by atoms with Crippen molar-refractivity contribution in [2.45, 2.75) is 26.3 Å². The lowest BCUT2D eigenvalue weighted by atomic mass is 10.2. The highest BCUT2D eigenvalue weighted by Gasteiger charge is 2.14. The first-order valence-electron chi connectivity index (χ1n) is 7.01. The van der Waals surface area contributed by atoms with Crippen LogP contribution in [0, 0.1) is 6.92 Å². The maximum absolute atomic E-state index is 12.0. The van der Waals surface area contributed by atoms with Crippen LogP contribution in [0.3, 0.4) is 0 Å². The van der Waals surface area contributed by atoms with Crippen molar-refractivity contribution in [1.29, 1.82) is 0 Å². The Balaban J connectivity index is 1.59. The first-order valence-corrected chi connectivity index (χ1v) is 7.01. The van der Waals surface area contributed by atoms with Gasteiger partial charge in [-0.3, -0.25) is 4.79 Å². The van der Waals surface area contributed by atoms with E-state index in [0.717, 1.165) is 18.9 Å². The van der Waals surface area contributed by atoms with E-state index in [-0.39, 0.29) is 12.5 Å². The first-order chi connectivity index (χ1) is 10.2. The summed E-state index contributed by atoms with van der Waals surface area (Å²) in [6, 6.07) is 3.68. The average molecular weight is 287 g/mol. The molecule has 21 heavy (non-hydrogen) atoms. The molecule has 1 N–H and O–H groups in total. The number of nitrogens with zero attached hydrogens (tertiary/aromatic N) is 4. The van der Waals surface area contributed by atoms with Gasteiger partial charge in [0, 0.05) is 26.2 Å². The fourth-order valence-electron chi connectivity index (χ4n) is 2.33. The number of nitrogens with one attached hydrogen (secondary N) is 1. The maximum Gasteiger partial charge on any atom is 0.253 e. The zero-order valence-electron chi connectivity index (χ0n) is 11.9. The van der Waals surface area contributed by atoms with Crippen molar-refractivity contribution in [1.82, 2.24) is 20.4 Å². The molecular weight excluding hydrogens is 270 g/mol. The third kappa shape index (κ3) is 3.18. The van der Waals surface area contributed by atoms with E-state index in [0.29, 0.717) is 17.3 Å². The van der Waals surface area contributed by atoms with E-state index in [9.17, 15) is 4.79 Å². The third-order valence-corrected chi connectivity index (χ3v) is 3.42. The van der Waals surface area contributed by atoms with Gasteiger partial charge in [-0.2, -0.15) is 4.98 Å². The van der Waals surface area contributed by atoms with Crippen LogP contribution in [-0.4, -0.2) is 34.1 Å². The minimum absolute atomic E-state index is 0.196. The van der Waals surface area contributed by atoms with Gasteiger partial charge in [-0.25, -0.2) is 4.98 Å². The molecule has 7 nitrogen and oxygen atoms in total. The summed E-state index contributed by atoms with van der Waals surface area (Å²) in [5.41, 5.74) is 0.526. The van der Waals surface area contributed by atoms with E-state index in [4.69, 9.17) is 4.52 Å². The highest BCUT2D eigenvalue weighted by Crippen LogP contribution is 2.17. The Morgan fingerprint density at radius 1 is 1.38 bits per heavy atom. The molecule has 0 bridgehead atoms. The number of anilines is 1. The number of amides is 1. The number of aromatic nitrogens is 3. The monoisotopic (exact) mass is 287 g/mol. The number of carbonyl (C=O) groups excluding carboxylic acids is 1. The molecule has 1 fully saturated rings. The predicted octanol–water partition coefficient (Wildman–Crippen LogP) is 1.30. The summed E-state index contributed by atoms with van der Waals surface area (Å²) in [5, 5.41) is 6.46. The van der Waals surface area contributed by atoms with Crippen molar-refractivity contribution in [3.8, 4) is 0 Å². The van der Waals surface area contributed by atoms with Crippen LogP contribution >= 0.6 is 0 Å². The summed E-state index contributed by atoms with van der Waals surface area (Å²) >= 11 is 0. The fraction of sp³-hybridized carbons (Fsp3) is 0.429. The Hall–Kier alpha value is -2.44. The molecule has 0 atom stereocenters. The van der Waals surface area contributed by atoms with Crippen LogP contribution in [-0.2, 0) is 6.54 Å². The lowest BCUT2D eigenvalue weighted by Gasteiger charge is -2.16. The third-order valence-electron chi connectivity index (χ3n) is 3.42. The number of rotatable bonds is 4. The lowest BCUT2D eigenvalue weighted by molar-refractivity contribution is 0.0949. The Morgan fingerprint density at radius 2 is 2.19 bits per heavy atom. The van der Waals surface area contributed by atoms with Gasteiger partial charge in [-0.15, -0.1) is 0 Å². The number of hydrogen-bond donors (Lipinski definition) is 1. The molecule has 110 valence electrons. The molecule has 3 rings (SSSR count). The second kappa shape index (κ2) is 5.90. The van der Waals surface area contributed by atoms with E-state index in [2.05, 4.69) is 25.3 Å². The number of carbonyl (C=O) groups is 1. The van der Waals surface area contributed by atoms with Gasteiger partial charge in [-0.05, 0) is 25.0 Å². The Labute approximate surface area is 122 Å². The summed E-state index contributed by atoms with van der Waals surface area (Å²) < 4.78 is 4.84. The molecule has 1 aliphatic heterocycles. The van der Waals surface area contributed by atoms with Gasteiger partial charge in [0.2, 0.25) is 5.89 Å². The highest BCUT2D eigenvalue weighted by atomic mass is 16.5. The van der Waals surface area contributed by atoms with Crippen molar-refractivity contribution in [3.63, 3.8) is 0 Å². The van der Waals surface area contributed by atoms with E-state index < -0.39 is 0 Å². The van der Waals surface area contributed by atoms with Crippen molar-refractivity contribution in [2.75, 3.05) is 18.0 Å². The minimum Gasteiger partial charge on any atom is -0.357 e. The second-order valence-corrected chi connectivity index (χ2v) is 5.01. The number of hydrogen-bond acceptors (Lipinski definition) is 6. The van der Waals surface area contributed by atoms with Crippen LogP contribution in [0.2, 0.25) is 0 Å². The van der Waals surface area contributed by atoms with Crippen molar-refractivity contribution >= 4 is 11.7 Å². The lowest BCUT2D eigenvalue weighted by Crippen LogP contribution is -2.24. The van der Waals surface area contributed by atoms with Gasteiger partial charge in [-0.1, -0.05) is 5.16 Å². The molecule has 0 saturated carbocycles. The van der Waals surface area contributed by atoms with Gasteiger partial charge >= 0.3 is 0 Å². The largest absolute Gasteiger partial charge is 0.357 e. The number of aryl methyl sites for hydroxylation is 1. The Bertz CT molecular complexity index is 617. The second-order valence-electron chi connectivity index (χ2n) is 5.01. The molecule has 0 unspecified atom stereocenters. The van der Waals surface area contributed by atoms with E-state index in [1.54, 1.807) is 19.2 Å². The van der Waals surface area contributed by atoms with Crippen molar-refractivity contribution in [2.24, 2.45) is 0 Å². The summed E-state index contributed by atoms with van der Waals surface area (Å²) in [5.74, 6) is 1.68. The molecule has 1 amide bonds. The molecule has 0 radical (unpaired) electrons. The minimum atomic E-state index is -0.196. The van der Waals surface area contributed by atoms with Crippen LogP contribution in [0.15, 0.2) is 22.9 Å². The topological polar surface area (TPSA) is 84.2 Å². The van der Waals surface area contributed by atoms with Crippen molar-refractivity contribution in [3.05, 3.63) is 35.6 Å². The van der Waals surface area contributed by atoms with Gasteiger partial charge in [0.15, 0.2) is 5.82 Å². The van der Waals surface area contributed by atoms with Crippen molar-refractivity contribution < 1.29 is 9.32 Å². The molecular formula is C14H17N5O2. The zero-order valence-corrected chi connectivity index (χ0v) is 11.9. The molecule has 0 spiro atoms. The molecule has 1 aliphatic rings. The van der Waals surface area contributed by atoms with Gasteiger partial charge < -0.3 is 14.7 Å². The SMILES string of the molecule is Cc1nc(CNC(=O)c2ccc(N3CCCC3)nc2)no1. The average Bonchev–Trinajstić information content (AvgIpc) is 3.16. The van der Waals surface area contributed by atoms with Crippen LogP contribution < -0.4 is 10.2 Å². The highest BCUT2D eigenvalue weighted by molar-refractivity contribution is 5.93. The predicted molar refractivity (Wildman–Crippen MR) is 75.9 cm³/mol. The molecule has 0 aliphatic carbocycles. The van der Waals surface area contributed by atoms with E-state index in [1.165, 1.54) is 12.8 Å². The standard InChI is InChI=1S/C14H17N5O2/c1-10-17-12(18-21-10)9-16-14(20)11-4-5-13(15-8-11)19-6-2-3-7-19/h4-5,8H,2-3,6-7,9H2,1H3,(H,16,20). The molecule has 0 aromatic carbocycles. The normalized spacial score (nSPS) is 14.4. The molecule has 3 heterocycles. The molecule has 2 aromatic heterocycles. The maximum atomic E-state index is 12.0. The Kier molecular flexibility index (Phi) is 3.81. The summed E-state index contributed by atoms with van der Waals surface area (Å²) in [4.78, 5) is 22.6. The van der Waals surface area contributed by atoms with E-state index in [1.807, 2.05) is 6.07 Å². The molecule has 7 heteroatoms. The first kappa shape index (κ1) is 13.5. The van der Waals surface area contributed by atoms with Crippen LogP contribution in [0.25, 0.3) is 0 Å². The molecule has 2 aromatic rings. The summed E-state index contributed by atoms with van der Waals surface area (Å²) in [6.07, 6.45) is 4.01. The van der Waals surface area contributed by atoms with Crippen LogP contribution in [0.5, 0.6) is 0 Å². The fourth-order valence-corrected chi connectivity index (χ4v) is 2.33. The molecule has 1 saturated heterocycles. The zero-order chi connectivity index (χ0) is 14.7. The number of pyridine rings is 1. The Morgan fingerprint density at radius 3 is 2.81 bits per heavy atom. The smallest absolute Gasteiger partial charge is 0.253 e. The summed E-state index contributed by atoms with van der Waals surface area (Å²) in [7, 11) is 0. The van der Waals surface area contributed by atoms with E-state index >= 15 is 0 Å². The van der Waals surface area contributed by atoms with Gasteiger partial charge in [0.05, 0.1) is 12.1 Å². The quantitative estimate of drug-likeness (QED) is 0.912.